The second-order valence-corrected chi connectivity index (χ2v) is 10.6. The van der Waals surface area contributed by atoms with Gasteiger partial charge in [-0.15, -0.1) is 0 Å². The molecule has 200 valence electrons. The minimum absolute atomic E-state index is 0.0776. The molecule has 0 atom stereocenters. The van der Waals surface area contributed by atoms with Crippen molar-refractivity contribution in [3.8, 4) is 0 Å². The number of unbranched alkanes of at least 4 members (excludes halogenated alkanes) is 1. The molecule has 8 heteroatoms. The van der Waals surface area contributed by atoms with E-state index in [1.165, 1.54) is 41.8 Å². The number of thioether (sulfide) groups is 2. The van der Waals surface area contributed by atoms with Gasteiger partial charge in [-0.1, -0.05) is 87.8 Å². The largest absolute Gasteiger partial charge is 0.513 e. The van der Waals surface area contributed by atoms with Crippen molar-refractivity contribution < 1.29 is 19.8 Å². The van der Waals surface area contributed by atoms with E-state index in [0.29, 0.717) is 21.2 Å². The molecule has 0 saturated carbocycles. The molecule has 0 aliphatic heterocycles. The smallest absolute Gasteiger partial charge is 0.229 e. The Bertz CT molecular complexity index is 1030. The van der Waals surface area contributed by atoms with E-state index in [1.54, 1.807) is 19.1 Å². The van der Waals surface area contributed by atoms with Crippen LogP contribution in [0.15, 0.2) is 119 Å². The molecule has 0 saturated heterocycles. The lowest BCUT2D eigenvalue weighted by Crippen LogP contribution is -2.20. The zero-order valence-electron chi connectivity index (χ0n) is 21.6. The fourth-order valence-corrected chi connectivity index (χ4v) is 4.16. The lowest BCUT2D eigenvalue weighted by molar-refractivity contribution is -0.120. The second kappa shape index (κ2) is 18.8. The Kier molecular flexibility index (Phi) is 17.1. The van der Waals surface area contributed by atoms with Crippen LogP contribution in [0.2, 0.25) is 0 Å². The molecule has 0 radical (unpaired) electrons. The van der Waals surface area contributed by atoms with Gasteiger partial charge in [-0.3, -0.25) is 9.59 Å². The Balaban J connectivity index is 4.23. The quantitative estimate of drug-likeness (QED) is 0.0756. The topological polar surface area (TPSA) is 98.7 Å². The molecule has 0 aliphatic carbocycles. The fraction of sp³-hybridized carbons (Fsp3) is 0.241. The standard InChI is InChI=1S/C29H38N2O4S2/c1-9-27(17-16-22(4)33)19-29(35)31-26(8)37-24(6)13-11-10-12-23(5)36-25(7)30-28(34)18-20(2)14-15-21(3)32/h9,14-17,32-33H,1-3,5-8,10-13,18-19H2,4H3,(H,30,34)(H,31,35)/b15-14-,22-16+,27-17+. The van der Waals surface area contributed by atoms with Gasteiger partial charge >= 0.3 is 0 Å². The number of carbonyl (C=O) groups excluding carboxylic acids is 2. The molecular weight excluding hydrogens is 504 g/mol. The van der Waals surface area contributed by atoms with Crippen LogP contribution < -0.4 is 10.6 Å². The maximum atomic E-state index is 12.2. The minimum atomic E-state index is -0.252. The van der Waals surface area contributed by atoms with Crippen LogP contribution in [0.4, 0.5) is 0 Å². The number of aliphatic hydroxyl groups excluding tert-OH is 2. The van der Waals surface area contributed by atoms with Crippen molar-refractivity contribution in [3.63, 3.8) is 0 Å². The van der Waals surface area contributed by atoms with Crippen molar-refractivity contribution in [2.75, 3.05) is 0 Å². The molecule has 0 aromatic heterocycles. The van der Waals surface area contributed by atoms with Crippen LogP contribution >= 0.6 is 23.5 Å². The number of nitrogens with one attached hydrogen (secondary N) is 2. The summed E-state index contributed by atoms with van der Waals surface area (Å²) in [5.41, 5.74) is 1.21. The van der Waals surface area contributed by atoms with Gasteiger partial charge in [0.2, 0.25) is 11.8 Å². The van der Waals surface area contributed by atoms with E-state index in [1.807, 2.05) is 0 Å². The van der Waals surface area contributed by atoms with Gasteiger partial charge in [0.05, 0.1) is 28.7 Å². The predicted octanol–water partition coefficient (Wildman–Crippen LogP) is 7.75. The van der Waals surface area contributed by atoms with Gasteiger partial charge in [0.1, 0.15) is 5.76 Å². The summed E-state index contributed by atoms with van der Waals surface area (Å²) < 4.78 is 0. The van der Waals surface area contributed by atoms with E-state index >= 15 is 0 Å². The summed E-state index contributed by atoms with van der Waals surface area (Å²) in [4.78, 5) is 26.0. The summed E-state index contributed by atoms with van der Waals surface area (Å²) in [6, 6.07) is 0. The number of hydrogen-bond donors (Lipinski definition) is 4. The third-order valence-corrected chi connectivity index (χ3v) is 6.00. The van der Waals surface area contributed by atoms with Crippen molar-refractivity contribution >= 4 is 35.3 Å². The molecule has 6 nitrogen and oxygen atoms in total. The van der Waals surface area contributed by atoms with Gasteiger partial charge in [0.15, 0.2) is 0 Å². The van der Waals surface area contributed by atoms with Crippen LogP contribution in [0.1, 0.15) is 45.4 Å². The zero-order chi connectivity index (χ0) is 28.4. The molecule has 4 N–H and O–H groups in total. The first kappa shape index (κ1) is 33.6. The molecule has 0 spiro atoms. The molecule has 37 heavy (non-hydrogen) atoms. The van der Waals surface area contributed by atoms with Gasteiger partial charge in [-0.05, 0) is 65.7 Å². The number of carbonyl (C=O) groups is 2. The number of amides is 2. The van der Waals surface area contributed by atoms with E-state index in [-0.39, 0.29) is 36.2 Å². The molecule has 2 amide bonds. The highest BCUT2D eigenvalue weighted by Gasteiger charge is 2.09. The average molecular weight is 543 g/mol. The zero-order valence-corrected chi connectivity index (χ0v) is 23.2. The van der Waals surface area contributed by atoms with E-state index in [0.717, 1.165) is 35.5 Å². The Hall–Kier alpha value is -3.36. The normalized spacial score (nSPS) is 11.5. The SMILES string of the molecule is C=C/C(=C\C=C(/C)O)CC(=O)NC(=C)SC(=C)CCCCC(=C)SC(=C)NC(=O)CC(=C)/C=C\C(=C)O. The Morgan fingerprint density at radius 3 is 1.70 bits per heavy atom. The summed E-state index contributed by atoms with van der Waals surface area (Å²) in [6.45, 7) is 28.1. The van der Waals surface area contributed by atoms with Crippen LogP contribution in [-0.4, -0.2) is 22.0 Å². The van der Waals surface area contributed by atoms with Crippen molar-refractivity contribution in [2.24, 2.45) is 0 Å². The van der Waals surface area contributed by atoms with Gasteiger partial charge in [0, 0.05) is 0 Å². The van der Waals surface area contributed by atoms with E-state index in [2.05, 4.69) is 56.7 Å². The third kappa shape index (κ3) is 19.5. The summed E-state index contributed by atoms with van der Waals surface area (Å²) >= 11 is 2.65. The van der Waals surface area contributed by atoms with Gasteiger partial charge in [-0.25, -0.2) is 0 Å². The molecule has 0 bridgehead atoms. The molecule has 0 rings (SSSR count). The van der Waals surface area contributed by atoms with Crippen molar-refractivity contribution in [3.05, 3.63) is 119 Å². The average Bonchev–Trinajstić information content (AvgIpc) is 2.77. The third-order valence-electron chi connectivity index (χ3n) is 4.32. The highest BCUT2D eigenvalue weighted by molar-refractivity contribution is 8.06. The van der Waals surface area contributed by atoms with E-state index in [9.17, 15) is 14.7 Å². The Morgan fingerprint density at radius 1 is 0.784 bits per heavy atom. The van der Waals surface area contributed by atoms with Crippen molar-refractivity contribution in [1.29, 1.82) is 0 Å². The maximum absolute atomic E-state index is 12.2. The number of hydrogen-bond acceptors (Lipinski definition) is 6. The Labute approximate surface area is 229 Å². The summed E-state index contributed by atoms with van der Waals surface area (Å²) in [6.07, 6.45) is 11.1. The van der Waals surface area contributed by atoms with Crippen molar-refractivity contribution in [2.45, 2.75) is 45.4 Å². The Morgan fingerprint density at radius 2 is 1.27 bits per heavy atom. The molecule has 0 aromatic rings. The van der Waals surface area contributed by atoms with Crippen LogP contribution in [0.5, 0.6) is 0 Å². The van der Waals surface area contributed by atoms with Crippen LogP contribution in [0.25, 0.3) is 0 Å². The summed E-state index contributed by atoms with van der Waals surface area (Å²) in [7, 11) is 0. The lowest BCUT2D eigenvalue weighted by Gasteiger charge is -2.11. The monoisotopic (exact) mass is 542 g/mol. The summed E-state index contributed by atoms with van der Waals surface area (Å²) in [5, 5.41) is 24.7. The predicted molar refractivity (Wildman–Crippen MR) is 160 cm³/mol. The highest BCUT2D eigenvalue weighted by Crippen LogP contribution is 2.28. The lowest BCUT2D eigenvalue weighted by atomic mass is 10.1. The number of aliphatic hydroxyl groups is 2. The number of rotatable bonds is 19. The van der Waals surface area contributed by atoms with E-state index < -0.39 is 0 Å². The van der Waals surface area contributed by atoms with Gasteiger partial charge in [-0.2, -0.15) is 0 Å². The second-order valence-electron chi connectivity index (χ2n) is 8.02. The highest BCUT2D eigenvalue weighted by atomic mass is 32.2. The van der Waals surface area contributed by atoms with Crippen LogP contribution in [-0.2, 0) is 9.59 Å². The molecule has 0 aromatic carbocycles. The molecule has 0 heterocycles. The fourth-order valence-electron chi connectivity index (χ4n) is 2.64. The molecule has 0 unspecified atom stereocenters. The first-order valence-electron chi connectivity index (χ1n) is 11.4. The summed E-state index contributed by atoms with van der Waals surface area (Å²) in [5.74, 6) is -0.435. The maximum Gasteiger partial charge on any atom is 0.229 e. The molecule has 0 aliphatic rings. The van der Waals surface area contributed by atoms with Gasteiger partial charge in [0.25, 0.3) is 0 Å². The molecular formula is C29H38N2O4S2. The minimum Gasteiger partial charge on any atom is -0.513 e. The van der Waals surface area contributed by atoms with Crippen LogP contribution in [0, 0.1) is 0 Å². The molecule has 0 fully saturated rings. The van der Waals surface area contributed by atoms with E-state index in [4.69, 9.17) is 5.11 Å². The first-order valence-corrected chi connectivity index (χ1v) is 13.1. The first-order chi connectivity index (χ1) is 17.3. The van der Waals surface area contributed by atoms with Crippen molar-refractivity contribution in [1.82, 2.24) is 10.6 Å². The number of allylic oxidation sites excluding steroid dienone is 8. The van der Waals surface area contributed by atoms with Crippen LogP contribution in [0.3, 0.4) is 0 Å². The van der Waals surface area contributed by atoms with Gasteiger partial charge < -0.3 is 20.8 Å².